The predicted octanol–water partition coefficient (Wildman–Crippen LogP) is 3.08. The number of hydrogen-bond acceptors (Lipinski definition) is 5. The molecule has 0 unspecified atom stereocenters. The summed E-state index contributed by atoms with van der Waals surface area (Å²) < 4.78 is 40.7. The molecular weight excluding hydrogens is 309 g/mol. The monoisotopic (exact) mass is 318 g/mol. The molecule has 9 heteroatoms. The lowest BCUT2D eigenvalue weighted by Crippen LogP contribution is -2.20. The van der Waals surface area contributed by atoms with E-state index in [2.05, 4.69) is 25.0 Å². The number of rotatable bonds is 5. The summed E-state index contributed by atoms with van der Waals surface area (Å²) in [5.74, 6) is 0.177. The molecule has 0 fully saturated rings. The summed E-state index contributed by atoms with van der Waals surface area (Å²) in [6.07, 6.45) is -4.47. The molecule has 112 valence electrons. The summed E-state index contributed by atoms with van der Waals surface area (Å²) in [7, 11) is 0. The van der Waals surface area contributed by atoms with Crippen LogP contribution in [0.1, 0.15) is 5.82 Å². The van der Waals surface area contributed by atoms with Crippen LogP contribution in [0.2, 0.25) is 5.28 Å². The second-order valence-corrected chi connectivity index (χ2v) is 4.26. The van der Waals surface area contributed by atoms with E-state index in [1.54, 1.807) is 0 Å². The van der Waals surface area contributed by atoms with E-state index in [1.807, 2.05) is 30.3 Å². The molecule has 0 bridgehead atoms. The maximum Gasteiger partial charge on any atom is 0.422 e. The number of aromatic nitrogens is 3. The van der Waals surface area contributed by atoms with Crippen LogP contribution < -0.4 is 10.1 Å². The number of hydrogen-bond donors (Lipinski definition) is 1. The van der Waals surface area contributed by atoms with Gasteiger partial charge in [0.2, 0.25) is 5.28 Å². The molecular formula is C12H10ClF3N4O. The van der Waals surface area contributed by atoms with Gasteiger partial charge in [-0.2, -0.15) is 23.1 Å². The number of alkyl halides is 3. The highest BCUT2D eigenvalue weighted by Gasteiger charge is 2.29. The van der Waals surface area contributed by atoms with E-state index in [-0.39, 0.29) is 17.7 Å². The largest absolute Gasteiger partial charge is 0.454 e. The standard InChI is InChI=1S/C12H10ClF3N4O/c13-10-18-9(6-17-8-4-2-1-3-5-8)19-11(20-10)21-7-12(14,15)16/h1-5,17H,6-7H2. The van der Waals surface area contributed by atoms with Crippen molar-refractivity contribution in [2.45, 2.75) is 12.7 Å². The lowest BCUT2D eigenvalue weighted by atomic mass is 10.3. The number of para-hydroxylation sites is 1. The molecule has 0 atom stereocenters. The number of ether oxygens (including phenoxy) is 1. The second kappa shape index (κ2) is 6.57. The van der Waals surface area contributed by atoms with Gasteiger partial charge in [0.15, 0.2) is 12.4 Å². The van der Waals surface area contributed by atoms with Gasteiger partial charge in [-0.3, -0.25) is 0 Å². The van der Waals surface area contributed by atoms with Gasteiger partial charge in [-0.05, 0) is 23.7 Å². The van der Waals surface area contributed by atoms with E-state index in [4.69, 9.17) is 11.6 Å². The highest BCUT2D eigenvalue weighted by Crippen LogP contribution is 2.17. The van der Waals surface area contributed by atoms with Crippen molar-refractivity contribution >= 4 is 17.3 Å². The van der Waals surface area contributed by atoms with E-state index in [0.29, 0.717) is 0 Å². The van der Waals surface area contributed by atoms with Crippen LogP contribution >= 0.6 is 11.6 Å². The zero-order valence-electron chi connectivity index (χ0n) is 10.6. The van der Waals surface area contributed by atoms with Crippen LogP contribution in [-0.2, 0) is 6.54 Å². The Morgan fingerprint density at radius 3 is 2.48 bits per heavy atom. The summed E-state index contributed by atoms with van der Waals surface area (Å²) in [6, 6.07) is 8.71. The smallest absolute Gasteiger partial charge is 0.422 e. The molecule has 1 heterocycles. The Hall–Kier alpha value is -2.09. The Morgan fingerprint density at radius 1 is 1.10 bits per heavy atom. The van der Waals surface area contributed by atoms with Crippen LogP contribution in [0.4, 0.5) is 18.9 Å². The molecule has 2 aromatic rings. The van der Waals surface area contributed by atoms with Crippen LogP contribution in [0, 0.1) is 0 Å². The van der Waals surface area contributed by atoms with Crippen molar-refractivity contribution in [1.82, 2.24) is 15.0 Å². The van der Waals surface area contributed by atoms with Crippen molar-refractivity contribution in [3.05, 3.63) is 41.4 Å². The molecule has 0 radical (unpaired) electrons. The predicted molar refractivity (Wildman–Crippen MR) is 70.2 cm³/mol. The summed E-state index contributed by atoms with van der Waals surface area (Å²) in [5, 5.41) is 2.77. The Morgan fingerprint density at radius 2 is 1.81 bits per heavy atom. The first-order valence-corrected chi connectivity index (χ1v) is 6.19. The highest BCUT2D eigenvalue weighted by atomic mass is 35.5. The van der Waals surface area contributed by atoms with Gasteiger partial charge >= 0.3 is 12.2 Å². The molecule has 21 heavy (non-hydrogen) atoms. The average Bonchev–Trinajstić information content (AvgIpc) is 2.43. The fourth-order valence-electron chi connectivity index (χ4n) is 1.40. The van der Waals surface area contributed by atoms with E-state index < -0.39 is 18.8 Å². The lowest BCUT2D eigenvalue weighted by Gasteiger charge is -2.09. The highest BCUT2D eigenvalue weighted by molar-refractivity contribution is 6.28. The fraction of sp³-hybridized carbons (Fsp3) is 0.250. The maximum absolute atomic E-state index is 12.1. The third-order valence-electron chi connectivity index (χ3n) is 2.22. The Kier molecular flexibility index (Phi) is 4.79. The van der Waals surface area contributed by atoms with Crippen LogP contribution in [0.15, 0.2) is 30.3 Å². The van der Waals surface area contributed by atoms with E-state index in [9.17, 15) is 13.2 Å². The van der Waals surface area contributed by atoms with Crippen LogP contribution in [0.25, 0.3) is 0 Å². The minimum absolute atomic E-state index is 0.175. The van der Waals surface area contributed by atoms with E-state index in [0.717, 1.165) is 5.69 Å². The van der Waals surface area contributed by atoms with Crippen molar-refractivity contribution in [1.29, 1.82) is 0 Å². The van der Waals surface area contributed by atoms with Crippen LogP contribution in [-0.4, -0.2) is 27.7 Å². The normalized spacial score (nSPS) is 11.2. The van der Waals surface area contributed by atoms with Crippen LogP contribution in [0.5, 0.6) is 6.01 Å². The Labute approximate surface area is 123 Å². The molecule has 0 saturated heterocycles. The molecule has 0 amide bonds. The lowest BCUT2D eigenvalue weighted by molar-refractivity contribution is -0.154. The molecule has 0 aliphatic carbocycles. The maximum atomic E-state index is 12.1. The number of anilines is 1. The topological polar surface area (TPSA) is 59.9 Å². The van der Waals surface area contributed by atoms with Crippen LogP contribution in [0.3, 0.4) is 0 Å². The second-order valence-electron chi connectivity index (χ2n) is 3.93. The molecule has 5 nitrogen and oxygen atoms in total. The van der Waals surface area contributed by atoms with E-state index in [1.165, 1.54) is 0 Å². The Balaban J connectivity index is 2.01. The van der Waals surface area contributed by atoms with Crippen molar-refractivity contribution in [3.8, 4) is 6.01 Å². The minimum atomic E-state index is -4.47. The van der Waals surface area contributed by atoms with Gasteiger partial charge < -0.3 is 10.1 Å². The molecule has 0 aliphatic heterocycles. The van der Waals surface area contributed by atoms with Gasteiger partial charge in [0.25, 0.3) is 0 Å². The van der Waals surface area contributed by atoms with Crippen molar-refractivity contribution in [3.63, 3.8) is 0 Å². The average molecular weight is 319 g/mol. The van der Waals surface area contributed by atoms with Crippen molar-refractivity contribution in [2.75, 3.05) is 11.9 Å². The third-order valence-corrected chi connectivity index (χ3v) is 2.39. The van der Waals surface area contributed by atoms with Gasteiger partial charge in [0, 0.05) is 5.69 Å². The SMILES string of the molecule is FC(F)(F)COc1nc(Cl)nc(CNc2ccccc2)n1. The zero-order valence-corrected chi connectivity index (χ0v) is 11.3. The number of nitrogens with one attached hydrogen (secondary N) is 1. The first kappa shape index (κ1) is 15.3. The summed E-state index contributed by atoms with van der Waals surface area (Å²) in [4.78, 5) is 11.1. The Bertz CT molecular complexity index is 595. The van der Waals surface area contributed by atoms with Gasteiger partial charge in [-0.25, -0.2) is 4.98 Å². The summed E-state index contributed by atoms with van der Waals surface area (Å²) in [5.41, 5.74) is 0.812. The van der Waals surface area contributed by atoms with Gasteiger partial charge in [-0.1, -0.05) is 18.2 Å². The first-order valence-electron chi connectivity index (χ1n) is 5.81. The fourth-order valence-corrected chi connectivity index (χ4v) is 1.57. The molecule has 1 N–H and O–H groups in total. The quantitative estimate of drug-likeness (QED) is 0.918. The molecule has 2 rings (SSSR count). The van der Waals surface area contributed by atoms with Crippen molar-refractivity contribution < 1.29 is 17.9 Å². The van der Waals surface area contributed by atoms with E-state index >= 15 is 0 Å². The molecule has 0 aliphatic rings. The number of nitrogens with zero attached hydrogens (tertiary/aromatic N) is 3. The zero-order chi connectivity index (χ0) is 15.3. The molecule has 1 aromatic heterocycles. The third kappa shape index (κ3) is 5.42. The number of benzene rings is 1. The minimum Gasteiger partial charge on any atom is -0.454 e. The summed E-state index contributed by atoms with van der Waals surface area (Å²) >= 11 is 5.63. The molecule has 0 saturated carbocycles. The number of halogens is 4. The van der Waals surface area contributed by atoms with Crippen molar-refractivity contribution in [2.24, 2.45) is 0 Å². The van der Waals surface area contributed by atoms with Gasteiger partial charge in [0.1, 0.15) is 0 Å². The molecule has 1 aromatic carbocycles. The summed E-state index contributed by atoms with van der Waals surface area (Å²) in [6.45, 7) is -1.31. The van der Waals surface area contributed by atoms with Gasteiger partial charge in [0.05, 0.1) is 6.54 Å². The first-order chi connectivity index (χ1) is 9.92. The van der Waals surface area contributed by atoms with Gasteiger partial charge in [-0.15, -0.1) is 0 Å². The molecule has 0 spiro atoms.